The van der Waals surface area contributed by atoms with Crippen molar-refractivity contribution < 1.29 is 19.1 Å². The zero-order chi connectivity index (χ0) is 16.7. The number of methoxy groups -OCH3 is 1. The summed E-state index contributed by atoms with van der Waals surface area (Å²) in [6.07, 6.45) is 0.0153. The number of hydrogen-bond acceptors (Lipinski definition) is 5. The van der Waals surface area contributed by atoms with Crippen molar-refractivity contribution in [1.29, 1.82) is 0 Å². The van der Waals surface area contributed by atoms with Crippen LogP contribution in [0.4, 0.5) is 0 Å². The molecule has 0 aliphatic carbocycles. The van der Waals surface area contributed by atoms with Gasteiger partial charge in [0.1, 0.15) is 6.04 Å². The molecular weight excluding hydrogens is 286 g/mol. The number of nitrogens with two attached hydrogens (primary N) is 2. The summed E-state index contributed by atoms with van der Waals surface area (Å²) in [7, 11) is 2.70. The molecule has 0 aromatic heterocycles. The Kier molecular flexibility index (Phi) is 6.52. The maximum Gasteiger partial charge on any atom is 0.328 e. The molecule has 2 amide bonds. The molecule has 0 unspecified atom stereocenters. The molecule has 0 radical (unpaired) electrons. The SMILES string of the molecule is COC(=O)[C@H](Cc1ccccc1)N(C)C(=O)[C@@H](N)CC(N)=O. The normalized spacial score (nSPS) is 13.0. The van der Waals surface area contributed by atoms with Crippen LogP contribution in [0, 0.1) is 0 Å². The summed E-state index contributed by atoms with van der Waals surface area (Å²) in [5, 5.41) is 0. The summed E-state index contributed by atoms with van der Waals surface area (Å²) in [5.74, 6) is -1.76. The molecule has 120 valence electrons. The lowest BCUT2D eigenvalue weighted by molar-refractivity contribution is -0.152. The highest BCUT2D eigenvalue weighted by Crippen LogP contribution is 2.11. The van der Waals surface area contributed by atoms with E-state index in [1.54, 1.807) is 0 Å². The third kappa shape index (κ3) is 4.85. The average Bonchev–Trinajstić information content (AvgIpc) is 2.50. The lowest BCUT2D eigenvalue weighted by atomic mass is 10.0. The lowest BCUT2D eigenvalue weighted by Gasteiger charge is -2.28. The van der Waals surface area contributed by atoms with Crippen molar-refractivity contribution in [3.8, 4) is 0 Å². The van der Waals surface area contributed by atoms with Crippen molar-refractivity contribution in [3.05, 3.63) is 35.9 Å². The Balaban J connectivity index is 2.89. The number of amides is 2. The van der Waals surface area contributed by atoms with Crippen LogP contribution in [0.15, 0.2) is 30.3 Å². The fourth-order valence-corrected chi connectivity index (χ4v) is 2.07. The monoisotopic (exact) mass is 307 g/mol. The first-order chi connectivity index (χ1) is 10.4. The molecule has 0 aliphatic heterocycles. The van der Waals surface area contributed by atoms with Crippen LogP contribution in [0.5, 0.6) is 0 Å². The third-order valence-corrected chi connectivity index (χ3v) is 3.30. The van der Waals surface area contributed by atoms with Gasteiger partial charge in [0.25, 0.3) is 0 Å². The Morgan fingerprint density at radius 3 is 2.32 bits per heavy atom. The average molecular weight is 307 g/mol. The van der Waals surface area contributed by atoms with Gasteiger partial charge in [0.05, 0.1) is 19.6 Å². The molecule has 0 saturated carbocycles. The summed E-state index contributed by atoms with van der Waals surface area (Å²) in [6.45, 7) is 0. The summed E-state index contributed by atoms with van der Waals surface area (Å²) >= 11 is 0. The van der Waals surface area contributed by atoms with Gasteiger partial charge in [-0.05, 0) is 5.56 Å². The highest BCUT2D eigenvalue weighted by molar-refractivity contribution is 5.90. The molecule has 2 atom stereocenters. The van der Waals surface area contributed by atoms with Crippen molar-refractivity contribution >= 4 is 17.8 Å². The van der Waals surface area contributed by atoms with Crippen molar-refractivity contribution in [3.63, 3.8) is 0 Å². The van der Waals surface area contributed by atoms with Crippen molar-refractivity contribution in [2.24, 2.45) is 11.5 Å². The minimum Gasteiger partial charge on any atom is -0.467 e. The topological polar surface area (TPSA) is 116 Å². The number of benzene rings is 1. The highest BCUT2D eigenvalue weighted by Gasteiger charge is 2.31. The molecule has 7 heteroatoms. The van der Waals surface area contributed by atoms with Gasteiger partial charge in [-0.3, -0.25) is 9.59 Å². The van der Waals surface area contributed by atoms with E-state index in [-0.39, 0.29) is 6.42 Å². The molecule has 0 fully saturated rings. The third-order valence-electron chi connectivity index (χ3n) is 3.30. The molecule has 0 saturated heterocycles. The Bertz CT molecular complexity index is 533. The van der Waals surface area contributed by atoms with E-state index in [1.165, 1.54) is 19.1 Å². The van der Waals surface area contributed by atoms with Gasteiger partial charge in [-0.25, -0.2) is 4.79 Å². The molecule has 1 aromatic carbocycles. The maximum atomic E-state index is 12.2. The number of esters is 1. The number of likely N-dealkylation sites (N-methyl/N-ethyl adjacent to an activating group) is 1. The second kappa shape index (κ2) is 8.14. The zero-order valence-electron chi connectivity index (χ0n) is 12.7. The van der Waals surface area contributed by atoms with Crippen LogP contribution in [0.1, 0.15) is 12.0 Å². The Morgan fingerprint density at radius 2 is 1.82 bits per heavy atom. The van der Waals surface area contributed by atoms with E-state index < -0.39 is 29.9 Å². The minimum absolute atomic E-state index is 0.275. The van der Waals surface area contributed by atoms with Crippen LogP contribution in [-0.2, 0) is 25.5 Å². The first-order valence-electron chi connectivity index (χ1n) is 6.79. The maximum absolute atomic E-state index is 12.2. The van der Waals surface area contributed by atoms with Gasteiger partial charge in [-0.1, -0.05) is 30.3 Å². The predicted molar refractivity (Wildman–Crippen MR) is 80.5 cm³/mol. The van der Waals surface area contributed by atoms with Crippen molar-refractivity contribution in [2.75, 3.05) is 14.2 Å². The molecule has 22 heavy (non-hydrogen) atoms. The Morgan fingerprint density at radius 1 is 1.23 bits per heavy atom. The van der Waals surface area contributed by atoms with E-state index in [1.807, 2.05) is 30.3 Å². The molecule has 0 spiro atoms. The van der Waals surface area contributed by atoms with Gasteiger partial charge in [-0.2, -0.15) is 0 Å². The minimum atomic E-state index is -1.08. The van der Waals surface area contributed by atoms with Gasteiger partial charge >= 0.3 is 5.97 Å². The summed E-state index contributed by atoms with van der Waals surface area (Å²) in [5.41, 5.74) is 11.6. The number of primary amides is 1. The van der Waals surface area contributed by atoms with E-state index in [0.717, 1.165) is 5.56 Å². The number of nitrogens with zero attached hydrogens (tertiary/aromatic N) is 1. The van der Waals surface area contributed by atoms with E-state index in [0.29, 0.717) is 6.42 Å². The fraction of sp³-hybridized carbons (Fsp3) is 0.400. The molecule has 1 aromatic rings. The van der Waals surface area contributed by atoms with Gasteiger partial charge in [0, 0.05) is 13.5 Å². The first kappa shape index (κ1) is 17.6. The molecule has 4 N–H and O–H groups in total. The molecule has 1 rings (SSSR count). The number of rotatable bonds is 7. The number of hydrogen-bond donors (Lipinski definition) is 2. The van der Waals surface area contributed by atoms with Gasteiger partial charge in [0.15, 0.2) is 0 Å². The van der Waals surface area contributed by atoms with Crippen LogP contribution >= 0.6 is 0 Å². The fourth-order valence-electron chi connectivity index (χ4n) is 2.07. The Hall–Kier alpha value is -2.41. The molecule has 0 aliphatic rings. The largest absolute Gasteiger partial charge is 0.467 e. The van der Waals surface area contributed by atoms with E-state index in [2.05, 4.69) is 0 Å². The summed E-state index contributed by atoms with van der Waals surface area (Å²) in [4.78, 5) is 36.2. The number of ether oxygens (including phenoxy) is 1. The standard InChI is InChI=1S/C15H21N3O4/c1-18(14(20)11(16)9-13(17)19)12(15(21)22-2)8-10-6-4-3-5-7-10/h3-7,11-12H,8-9,16H2,1-2H3,(H2,17,19)/t11-,12-/m0/s1. The molecule has 0 heterocycles. The van der Waals surface area contributed by atoms with Gasteiger partial charge < -0.3 is 21.1 Å². The van der Waals surface area contributed by atoms with E-state index >= 15 is 0 Å². The van der Waals surface area contributed by atoms with Crippen molar-refractivity contribution in [1.82, 2.24) is 4.90 Å². The van der Waals surface area contributed by atoms with Gasteiger partial charge in [0.2, 0.25) is 11.8 Å². The summed E-state index contributed by atoms with van der Waals surface area (Å²) < 4.78 is 4.75. The Labute approximate surface area is 129 Å². The smallest absolute Gasteiger partial charge is 0.328 e. The van der Waals surface area contributed by atoms with Crippen molar-refractivity contribution in [2.45, 2.75) is 24.9 Å². The van der Waals surface area contributed by atoms with Crippen LogP contribution < -0.4 is 11.5 Å². The predicted octanol–water partition coefficient (Wildman–Crippen LogP) is -0.568. The molecule has 0 bridgehead atoms. The van der Waals surface area contributed by atoms with Crippen LogP contribution in [0.2, 0.25) is 0 Å². The second-order valence-corrected chi connectivity index (χ2v) is 4.95. The first-order valence-corrected chi connectivity index (χ1v) is 6.79. The summed E-state index contributed by atoms with van der Waals surface area (Å²) in [6, 6.07) is 7.32. The highest BCUT2D eigenvalue weighted by atomic mass is 16.5. The van der Waals surface area contributed by atoms with Crippen LogP contribution in [0.25, 0.3) is 0 Å². The number of carbonyl (C=O) groups excluding carboxylic acids is 3. The zero-order valence-corrected chi connectivity index (χ0v) is 12.7. The lowest BCUT2D eigenvalue weighted by Crippen LogP contribution is -2.51. The van der Waals surface area contributed by atoms with Crippen LogP contribution in [-0.4, -0.2) is 48.9 Å². The number of carbonyl (C=O) groups is 3. The molecule has 7 nitrogen and oxygen atoms in total. The quantitative estimate of drug-likeness (QED) is 0.655. The molecular formula is C15H21N3O4. The van der Waals surface area contributed by atoms with E-state index in [4.69, 9.17) is 16.2 Å². The van der Waals surface area contributed by atoms with Crippen LogP contribution in [0.3, 0.4) is 0 Å². The van der Waals surface area contributed by atoms with Gasteiger partial charge in [-0.15, -0.1) is 0 Å². The van der Waals surface area contributed by atoms with E-state index in [9.17, 15) is 14.4 Å². The second-order valence-electron chi connectivity index (χ2n) is 4.95.